The smallest absolute Gasteiger partial charge is 0.130 e. The summed E-state index contributed by atoms with van der Waals surface area (Å²) in [5, 5.41) is 13.2. The molecule has 0 bridgehead atoms. The second kappa shape index (κ2) is 11.3. The van der Waals surface area contributed by atoms with Crippen LogP contribution in [0.4, 0.5) is 0 Å². The molecule has 0 amide bonds. The Morgan fingerprint density at radius 3 is 1.05 bits per heavy atom. The predicted molar refractivity (Wildman–Crippen MR) is 171 cm³/mol. The molecule has 4 heteroatoms. The largest absolute Gasteiger partial charge is 0.496 e. The Bertz CT molecular complexity index is 1030. The summed E-state index contributed by atoms with van der Waals surface area (Å²) in [4.78, 5) is 0. The Balaban J connectivity index is 3.25. The van der Waals surface area contributed by atoms with Gasteiger partial charge in [0.1, 0.15) is 17.1 Å². The second-order valence-corrected chi connectivity index (χ2v) is 15.9. The highest BCUT2D eigenvalue weighted by Crippen LogP contribution is 2.48. The van der Waals surface area contributed by atoms with E-state index in [-0.39, 0.29) is 27.6 Å². The van der Waals surface area contributed by atoms with E-state index in [1.807, 2.05) is 0 Å². The molecule has 0 aliphatic rings. The van der Waals surface area contributed by atoms with E-state index in [0.29, 0.717) is 0 Å². The molecule has 4 nitrogen and oxygen atoms in total. The summed E-state index contributed by atoms with van der Waals surface area (Å²) in [6.45, 7) is 30.6. The highest BCUT2D eigenvalue weighted by Gasteiger charge is 2.44. The van der Waals surface area contributed by atoms with Gasteiger partial charge in [-0.2, -0.15) is 0 Å². The van der Waals surface area contributed by atoms with E-state index in [1.165, 1.54) is 0 Å². The second-order valence-electron chi connectivity index (χ2n) is 15.9. The molecule has 40 heavy (non-hydrogen) atoms. The number of methoxy groups -OCH3 is 2. The van der Waals surface area contributed by atoms with Crippen LogP contribution in [0.2, 0.25) is 0 Å². The van der Waals surface area contributed by atoms with Crippen LogP contribution in [-0.4, -0.2) is 25.4 Å². The summed E-state index contributed by atoms with van der Waals surface area (Å²) in [5.41, 5.74) is 10.7. The summed E-state index contributed by atoms with van der Waals surface area (Å²) in [6.07, 6.45) is 0.853. The highest BCUT2D eigenvalue weighted by atomic mass is 16.5. The molecule has 2 aromatic rings. The van der Waals surface area contributed by atoms with Gasteiger partial charge in [0.15, 0.2) is 0 Å². The summed E-state index contributed by atoms with van der Waals surface area (Å²) in [6, 6.07) is 7.99. The normalized spacial score (nSPS) is 15.2. The zero-order valence-electron chi connectivity index (χ0n) is 28.5. The first-order valence-electron chi connectivity index (χ1n) is 14.9. The molecule has 0 aromatic heterocycles. The summed E-state index contributed by atoms with van der Waals surface area (Å²) < 4.78 is 12.1. The van der Waals surface area contributed by atoms with Gasteiger partial charge in [-0.1, -0.05) is 103 Å². The SMILES string of the molecule is CCC(C)C(N)C(O)(c1cc(C(C)(C)C)c(OC)c(C(C)(C)C)c1)c1cc(C(C)(C)C)c(OC)c(C(C)(C)C)c1. The minimum Gasteiger partial charge on any atom is -0.496 e. The lowest BCUT2D eigenvalue weighted by atomic mass is 9.69. The Hall–Kier alpha value is -2.04. The Morgan fingerprint density at radius 2 is 0.875 bits per heavy atom. The fourth-order valence-electron chi connectivity index (χ4n) is 5.58. The minimum atomic E-state index is -1.45. The molecule has 0 aliphatic heterocycles. The molecule has 2 aromatic carbocycles. The van der Waals surface area contributed by atoms with Crippen molar-refractivity contribution in [3.8, 4) is 11.5 Å². The average molecular weight is 554 g/mol. The first-order valence-corrected chi connectivity index (χ1v) is 14.9. The molecule has 2 unspecified atom stereocenters. The van der Waals surface area contributed by atoms with Gasteiger partial charge in [0, 0.05) is 28.3 Å². The fraction of sp³-hybridized carbons (Fsp3) is 0.667. The molecule has 2 atom stereocenters. The standard InChI is InChI=1S/C36H59NO3/c1-17-22(2)31(37)36(38,23-18-25(32(3,4)5)29(39-15)26(19-23)33(6,7)8)24-20-27(34(9,10)11)30(40-16)28(21-24)35(12,13)14/h18-22,31,38H,17,37H2,1-16H3. The van der Waals surface area contributed by atoms with Gasteiger partial charge in [-0.05, 0) is 63.0 Å². The van der Waals surface area contributed by atoms with E-state index in [9.17, 15) is 5.11 Å². The first kappa shape index (κ1) is 34.2. The quantitative estimate of drug-likeness (QED) is 0.361. The van der Waals surface area contributed by atoms with Crippen molar-refractivity contribution in [2.75, 3.05) is 14.2 Å². The molecular formula is C36H59NO3. The third-order valence-electron chi connectivity index (χ3n) is 8.44. The lowest BCUT2D eigenvalue weighted by molar-refractivity contribution is 0.0311. The number of hydrogen-bond acceptors (Lipinski definition) is 4. The van der Waals surface area contributed by atoms with Gasteiger partial charge in [0.05, 0.1) is 14.2 Å². The number of aliphatic hydroxyl groups is 1. The molecule has 0 radical (unpaired) electrons. The van der Waals surface area contributed by atoms with Gasteiger partial charge in [0.2, 0.25) is 0 Å². The molecule has 0 saturated carbocycles. The van der Waals surface area contributed by atoms with E-state index < -0.39 is 11.6 Å². The van der Waals surface area contributed by atoms with Gasteiger partial charge in [0.25, 0.3) is 0 Å². The maximum Gasteiger partial charge on any atom is 0.130 e. The third kappa shape index (κ3) is 6.54. The fourth-order valence-corrected chi connectivity index (χ4v) is 5.58. The lowest BCUT2D eigenvalue weighted by Gasteiger charge is -2.42. The number of hydrogen-bond donors (Lipinski definition) is 2. The topological polar surface area (TPSA) is 64.7 Å². The minimum absolute atomic E-state index is 0.0709. The van der Waals surface area contributed by atoms with Crippen molar-refractivity contribution in [2.24, 2.45) is 11.7 Å². The number of benzene rings is 2. The van der Waals surface area contributed by atoms with Gasteiger partial charge in [-0.15, -0.1) is 0 Å². The van der Waals surface area contributed by atoms with Gasteiger partial charge in [-0.25, -0.2) is 0 Å². The van der Waals surface area contributed by atoms with Crippen molar-refractivity contribution in [3.63, 3.8) is 0 Å². The van der Waals surface area contributed by atoms with E-state index in [1.54, 1.807) is 14.2 Å². The number of rotatable bonds is 7. The van der Waals surface area contributed by atoms with Crippen LogP contribution in [0, 0.1) is 5.92 Å². The predicted octanol–water partition coefficient (Wildman–Crippen LogP) is 8.50. The molecule has 0 saturated heterocycles. The van der Waals surface area contributed by atoms with Gasteiger partial charge in [-0.3, -0.25) is 0 Å². The zero-order valence-corrected chi connectivity index (χ0v) is 28.5. The van der Waals surface area contributed by atoms with Gasteiger partial charge >= 0.3 is 0 Å². The summed E-state index contributed by atoms with van der Waals surface area (Å²) >= 11 is 0. The lowest BCUT2D eigenvalue weighted by Crippen LogP contribution is -2.50. The molecule has 0 fully saturated rings. The molecule has 226 valence electrons. The van der Waals surface area contributed by atoms with E-state index in [2.05, 4.69) is 121 Å². The third-order valence-corrected chi connectivity index (χ3v) is 8.44. The molecule has 2 rings (SSSR count). The van der Waals surface area contributed by atoms with Crippen LogP contribution in [0.1, 0.15) is 137 Å². The summed E-state index contributed by atoms with van der Waals surface area (Å²) in [7, 11) is 3.48. The monoisotopic (exact) mass is 553 g/mol. The number of ether oxygens (including phenoxy) is 2. The van der Waals surface area contributed by atoms with Crippen LogP contribution >= 0.6 is 0 Å². The molecule has 0 aliphatic carbocycles. The first-order chi connectivity index (χ1) is 18.0. The maximum atomic E-state index is 13.2. The zero-order chi connectivity index (χ0) is 31.2. The van der Waals surface area contributed by atoms with Crippen molar-refractivity contribution in [1.29, 1.82) is 0 Å². The molecular weight excluding hydrogens is 494 g/mol. The van der Waals surface area contributed by atoms with E-state index in [4.69, 9.17) is 15.2 Å². The Morgan fingerprint density at radius 1 is 0.625 bits per heavy atom. The van der Waals surface area contributed by atoms with Crippen LogP contribution in [-0.2, 0) is 27.3 Å². The van der Waals surface area contributed by atoms with Crippen molar-refractivity contribution < 1.29 is 14.6 Å². The Labute approximate surface area is 246 Å². The van der Waals surface area contributed by atoms with E-state index in [0.717, 1.165) is 51.3 Å². The molecule has 0 heterocycles. The average Bonchev–Trinajstić information content (AvgIpc) is 2.83. The highest BCUT2D eigenvalue weighted by molar-refractivity contribution is 5.57. The maximum absolute atomic E-state index is 13.2. The van der Waals surface area contributed by atoms with Crippen molar-refractivity contribution in [3.05, 3.63) is 57.6 Å². The van der Waals surface area contributed by atoms with Crippen molar-refractivity contribution in [1.82, 2.24) is 0 Å². The summed E-state index contributed by atoms with van der Waals surface area (Å²) in [5.74, 6) is 1.83. The molecule has 0 spiro atoms. The van der Waals surface area contributed by atoms with Crippen LogP contribution in [0.25, 0.3) is 0 Å². The molecule has 3 N–H and O–H groups in total. The van der Waals surface area contributed by atoms with Crippen molar-refractivity contribution >= 4 is 0 Å². The van der Waals surface area contributed by atoms with Gasteiger partial charge < -0.3 is 20.3 Å². The van der Waals surface area contributed by atoms with Crippen LogP contribution in [0.15, 0.2) is 24.3 Å². The number of nitrogens with two attached hydrogens (primary N) is 1. The van der Waals surface area contributed by atoms with Crippen LogP contribution in [0.3, 0.4) is 0 Å². The van der Waals surface area contributed by atoms with Crippen LogP contribution in [0.5, 0.6) is 11.5 Å². The van der Waals surface area contributed by atoms with Crippen LogP contribution < -0.4 is 15.2 Å². The Kier molecular flexibility index (Phi) is 9.67. The van der Waals surface area contributed by atoms with Crippen molar-refractivity contribution in [2.45, 2.75) is 137 Å². The van der Waals surface area contributed by atoms with E-state index >= 15 is 0 Å².